The molecule has 0 aliphatic heterocycles. The molecule has 2 rings (SSSR count). The molecular weight excluding hydrogens is 372 g/mol. The average Bonchev–Trinajstić information content (AvgIpc) is 2.57. The van der Waals surface area contributed by atoms with Gasteiger partial charge < -0.3 is 15.0 Å². The smallest absolute Gasteiger partial charge is 0.254 e. The zero-order valence-electron chi connectivity index (χ0n) is 13.6. The number of hydrogen-bond acceptors (Lipinski definition) is 3. The summed E-state index contributed by atoms with van der Waals surface area (Å²) >= 11 is 3.37. The molecule has 2 amide bonds. The van der Waals surface area contributed by atoms with Crippen LogP contribution in [0.4, 0.5) is 5.69 Å². The number of anilines is 1. The number of benzene rings is 2. The van der Waals surface area contributed by atoms with Crippen molar-refractivity contribution in [2.45, 2.75) is 6.61 Å². The second-order valence-electron chi connectivity index (χ2n) is 5.32. The number of likely N-dealkylation sites (N-methyl/N-ethyl adjacent to an activating group) is 1. The maximum Gasteiger partial charge on any atom is 0.254 e. The maximum atomic E-state index is 12.4. The summed E-state index contributed by atoms with van der Waals surface area (Å²) in [5.41, 5.74) is 2.20. The Bertz CT molecular complexity index is 716. The second kappa shape index (κ2) is 8.61. The van der Waals surface area contributed by atoms with Crippen molar-refractivity contribution in [3.8, 4) is 0 Å². The van der Waals surface area contributed by atoms with Gasteiger partial charge in [-0.1, -0.05) is 24.3 Å². The summed E-state index contributed by atoms with van der Waals surface area (Å²) in [5.74, 6) is -0.463. The number of ether oxygens (including phenoxy) is 1. The molecule has 0 fully saturated rings. The molecular formula is C18H19BrN2O3. The molecule has 5 nitrogen and oxygen atoms in total. The van der Waals surface area contributed by atoms with E-state index in [1.54, 1.807) is 32.4 Å². The minimum atomic E-state index is -0.256. The molecule has 2 aromatic carbocycles. The molecule has 0 bridgehead atoms. The number of hydrogen-bond donors (Lipinski definition) is 1. The number of carbonyl (C=O) groups excluding carboxylic acids is 2. The summed E-state index contributed by atoms with van der Waals surface area (Å²) in [5, 5.41) is 2.78. The van der Waals surface area contributed by atoms with Gasteiger partial charge in [-0.3, -0.25) is 9.59 Å². The number of rotatable bonds is 6. The number of para-hydroxylation sites is 1. The maximum absolute atomic E-state index is 12.4. The summed E-state index contributed by atoms with van der Waals surface area (Å²) in [6, 6.07) is 14.5. The summed E-state index contributed by atoms with van der Waals surface area (Å²) in [7, 11) is 3.22. The van der Waals surface area contributed by atoms with Crippen molar-refractivity contribution in [1.29, 1.82) is 0 Å². The molecule has 0 aromatic heterocycles. The Morgan fingerprint density at radius 1 is 1.12 bits per heavy atom. The van der Waals surface area contributed by atoms with Gasteiger partial charge in [0.1, 0.15) is 0 Å². The highest BCUT2D eigenvalue weighted by Gasteiger charge is 2.15. The molecule has 0 radical (unpaired) electrons. The quantitative estimate of drug-likeness (QED) is 0.822. The number of halogens is 1. The van der Waals surface area contributed by atoms with Crippen LogP contribution in [0.2, 0.25) is 0 Å². The van der Waals surface area contributed by atoms with E-state index in [9.17, 15) is 9.59 Å². The van der Waals surface area contributed by atoms with Crippen LogP contribution in [0, 0.1) is 0 Å². The van der Waals surface area contributed by atoms with Gasteiger partial charge in [-0.2, -0.15) is 0 Å². The highest BCUT2D eigenvalue weighted by atomic mass is 79.9. The molecule has 0 heterocycles. The first-order valence-corrected chi connectivity index (χ1v) is 8.18. The number of nitrogens with zero attached hydrogens (tertiary/aromatic N) is 1. The minimum Gasteiger partial charge on any atom is -0.380 e. The molecule has 0 saturated carbocycles. The number of methoxy groups -OCH3 is 1. The van der Waals surface area contributed by atoms with Crippen LogP contribution in [0.25, 0.3) is 0 Å². The normalized spacial score (nSPS) is 10.3. The van der Waals surface area contributed by atoms with E-state index in [1.807, 2.05) is 30.3 Å². The van der Waals surface area contributed by atoms with Crippen molar-refractivity contribution in [2.75, 3.05) is 26.0 Å². The molecule has 0 atom stereocenters. The highest BCUT2D eigenvalue weighted by molar-refractivity contribution is 9.10. The number of amides is 2. The molecule has 2 aromatic rings. The molecule has 0 aliphatic rings. The third-order valence-electron chi connectivity index (χ3n) is 3.39. The Morgan fingerprint density at radius 3 is 2.42 bits per heavy atom. The molecule has 6 heteroatoms. The van der Waals surface area contributed by atoms with E-state index in [0.29, 0.717) is 17.9 Å². The van der Waals surface area contributed by atoms with Crippen LogP contribution in [-0.4, -0.2) is 37.4 Å². The Balaban J connectivity index is 1.95. The van der Waals surface area contributed by atoms with Gasteiger partial charge in [-0.25, -0.2) is 0 Å². The van der Waals surface area contributed by atoms with Gasteiger partial charge in [0.25, 0.3) is 5.91 Å². The lowest BCUT2D eigenvalue weighted by atomic mass is 10.1. The van der Waals surface area contributed by atoms with Gasteiger partial charge in [-0.05, 0) is 45.8 Å². The SMILES string of the molecule is COCc1ccc(C(=O)N(C)CC(=O)Nc2ccccc2Br)cc1. The monoisotopic (exact) mass is 390 g/mol. The van der Waals surface area contributed by atoms with Crippen LogP contribution in [0.1, 0.15) is 15.9 Å². The summed E-state index contributed by atoms with van der Waals surface area (Å²) in [6.45, 7) is 0.471. The zero-order chi connectivity index (χ0) is 17.5. The van der Waals surface area contributed by atoms with E-state index in [1.165, 1.54) is 4.90 Å². The van der Waals surface area contributed by atoms with Crippen LogP contribution in [0.5, 0.6) is 0 Å². The zero-order valence-corrected chi connectivity index (χ0v) is 15.2. The fraction of sp³-hybridized carbons (Fsp3) is 0.222. The summed E-state index contributed by atoms with van der Waals surface area (Å²) < 4.78 is 5.84. The first-order valence-electron chi connectivity index (χ1n) is 7.39. The first kappa shape index (κ1) is 18.2. The number of nitrogens with one attached hydrogen (secondary N) is 1. The lowest BCUT2D eigenvalue weighted by Gasteiger charge is -2.17. The topological polar surface area (TPSA) is 58.6 Å². The third kappa shape index (κ3) is 4.91. The van der Waals surface area contributed by atoms with Crippen LogP contribution in [0.3, 0.4) is 0 Å². The van der Waals surface area contributed by atoms with Gasteiger partial charge in [0, 0.05) is 24.2 Å². The molecule has 1 N–H and O–H groups in total. The van der Waals surface area contributed by atoms with Gasteiger partial charge >= 0.3 is 0 Å². The van der Waals surface area contributed by atoms with Gasteiger partial charge in [0.05, 0.1) is 18.8 Å². The largest absolute Gasteiger partial charge is 0.380 e. The van der Waals surface area contributed by atoms with Crippen molar-refractivity contribution in [2.24, 2.45) is 0 Å². The van der Waals surface area contributed by atoms with Crippen molar-refractivity contribution in [3.05, 3.63) is 64.1 Å². The minimum absolute atomic E-state index is 0.0278. The predicted octanol–water partition coefficient (Wildman–Crippen LogP) is 3.31. The molecule has 24 heavy (non-hydrogen) atoms. The number of carbonyl (C=O) groups is 2. The second-order valence-corrected chi connectivity index (χ2v) is 6.17. The van der Waals surface area contributed by atoms with Crippen molar-refractivity contribution in [3.63, 3.8) is 0 Å². The van der Waals surface area contributed by atoms with Crippen LogP contribution in [-0.2, 0) is 16.1 Å². The van der Waals surface area contributed by atoms with Crippen molar-refractivity contribution < 1.29 is 14.3 Å². The van der Waals surface area contributed by atoms with Crippen LogP contribution >= 0.6 is 15.9 Å². The van der Waals surface area contributed by atoms with E-state index in [2.05, 4.69) is 21.2 Å². The highest BCUT2D eigenvalue weighted by Crippen LogP contribution is 2.21. The molecule has 0 aliphatic carbocycles. The predicted molar refractivity (Wildman–Crippen MR) is 96.9 cm³/mol. The Morgan fingerprint density at radius 2 is 1.79 bits per heavy atom. The standard InChI is InChI=1S/C18H19BrN2O3/c1-21(11-17(22)20-16-6-4-3-5-15(16)19)18(23)14-9-7-13(8-10-14)12-24-2/h3-10H,11-12H2,1-2H3,(H,20,22). The van der Waals surface area contributed by atoms with E-state index in [0.717, 1.165) is 10.0 Å². The van der Waals surface area contributed by atoms with Crippen LogP contribution in [0.15, 0.2) is 53.0 Å². The Kier molecular flexibility index (Phi) is 6.52. The lowest BCUT2D eigenvalue weighted by Crippen LogP contribution is -2.35. The van der Waals surface area contributed by atoms with Crippen molar-refractivity contribution in [1.82, 2.24) is 4.90 Å². The average molecular weight is 391 g/mol. The lowest BCUT2D eigenvalue weighted by molar-refractivity contribution is -0.116. The molecule has 0 saturated heterocycles. The fourth-order valence-corrected chi connectivity index (χ4v) is 2.55. The fourth-order valence-electron chi connectivity index (χ4n) is 2.17. The van der Waals surface area contributed by atoms with Gasteiger partial charge in [-0.15, -0.1) is 0 Å². The van der Waals surface area contributed by atoms with Crippen molar-refractivity contribution >= 4 is 33.4 Å². The summed E-state index contributed by atoms with van der Waals surface area (Å²) in [4.78, 5) is 25.9. The molecule has 126 valence electrons. The Labute approximate surface area is 149 Å². The molecule has 0 unspecified atom stereocenters. The van der Waals surface area contributed by atoms with E-state index in [-0.39, 0.29) is 18.4 Å². The molecule has 0 spiro atoms. The van der Waals surface area contributed by atoms with E-state index < -0.39 is 0 Å². The van der Waals surface area contributed by atoms with E-state index >= 15 is 0 Å². The third-order valence-corrected chi connectivity index (χ3v) is 4.08. The first-order chi connectivity index (χ1) is 11.5. The van der Waals surface area contributed by atoms with Gasteiger partial charge in [0.15, 0.2) is 0 Å². The Hall–Kier alpha value is -2.18. The summed E-state index contributed by atoms with van der Waals surface area (Å²) in [6.07, 6.45) is 0. The van der Waals surface area contributed by atoms with Gasteiger partial charge in [0.2, 0.25) is 5.91 Å². The van der Waals surface area contributed by atoms with E-state index in [4.69, 9.17) is 4.74 Å². The van der Waals surface area contributed by atoms with Crippen LogP contribution < -0.4 is 5.32 Å².